The second-order valence-corrected chi connectivity index (χ2v) is 10.1. The first-order chi connectivity index (χ1) is 19.5. The molecule has 208 valence electrons. The number of aromatic nitrogens is 1. The molecule has 0 saturated heterocycles. The first-order valence-electron chi connectivity index (χ1n) is 13.6. The van der Waals surface area contributed by atoms with Gasteiger partial charge >= 0.3 is 5.97 Å². The number of ether oxygens (including phenoxy) is 3. The van der Waals surface area contributed by atoms with Gasteiger partial charge in [-0.2, -0.15) is 0 Å². The van der Waals surface area contributed by atoms with E-state index in [-0.39, 0.29) is 31.0 Å². The van der Waals surface area contributed by atoms with Crippen molar-refractivity contribution in [2.24, 2.45) is 0 Å². The lowest BCUT2D eigenvalue weighted by Gasteiger charge is -2.36. The van der Waals surface area contributed by atoms with E-state index >= 15 is 0 Å². The fourth-order valence-corrected chi connectivity index (χ4v) is 5.23. The van der Waals surface area contributed by atoms with Gasteiger partial charge in [-0.1, -0.05) is 49.6 Å². The first-order valence-corrected chi connectivity index (χ1v) is 13.6. The smallest absolute Gasteiger partial charge is 0.337 e. The Labute approximate surface area is 233 Å². The van der Waals surface area contributed by atoms with E-state index in [0.717, 1.165) is 37.7 Å². The number of para-hydroxylation sites is 2. The molecule has 2 heterocycles. The number of fused-ring (bicyclic) bond motifs is 1. The molecule has 1 saturated carbocycles. The van der Waals surface area contributed by atoms with Crippen molar-refractivity contribution in [2.75, 3.05) is 13.7 Å². The number of benzene rings is 2. The normalized spacial score (nSPS) is 17.4. The second-order valence-electron chi connectivity index (χ2n) is 10.1. The molecule has 2 atom stereocenters. The number of carbonyl (C=O) groups is 3. The van der Waals surface area contributed by atoms with E-state index in [4.69, 9.17) is 14.2 Å². The third-order valence-corrected chi connectivity index (χ3v) is 7.30. The molecule has 40 heavy (non-hydrogen) atoms. The summed E-state index contributed by atoms with van der Waals surface area (Å²) >= 11 is 0. The highest BCUT2D eigenvalue weighted by molar-refractivity contribution is 5.92. The molecule has 1 fully saturated rings. The largest absolute Gasteiger partial charge is 0.485 e. The van der Waals surface area contributed by atoms with Crippen molar-refractivity contribution in [1.29, 1.82) is 0 Å². The number of hydrogen-bond donors (Lipinski definition) is 1. The van der Waals surface area contributed by atoms with Crippen LogP contribution < -0.4 is 14.8 Å². The third-order valence-electron chi connectivity index (χ3n) is 7.30. The molecular weight excluding hydrogens is 510 g/mol. The minimum Gasteiger partial charge on any atom is -0.485 e. The molecule has 0 radical (unpaired) electrons. The van der Waals surface area contributed by atoms with Crippen molar-refractivity contribution in [3.63, 3.8) is 0 Å². The Balaban J connectivity index is 1.51. The summed E-state index contributed by atoms with van der Waals surface area (Å²) in [6.07, 6.45) is 7.41. The van der Waals surface area contributed by atoms with Crippen LogP contribution in [0, 0.1) is 0 Å². The Bertz CT molecular complexity index is 1320. The van der Waals surface area contributed by atoms with Crippen molar-refractivity contribution >= 4 is 17.8 Å². The molecule has 9 nitrogen and oxygen atoms in total. The monoisotopic (exact) mass is 543 g/mol. The Kier molecular flexibility index (Phi) is 8.59. The zero-order chi connectivity index (χ0) is 27.9. The van der Waals surface area contributed by atoms with E-state index in [1.165, 1.54) is 12.0 Å². The fraction of sp³-hybridized carbons (Fsp3) is 0.355. The van der Waals surface area contributed by atoms with Gasteiger partial charge in [0.25, 0.3) is 5.91 Å². The molecule has 1 aliphatic carbocycles. The van der Waals surface area contributed by atoms with E-state index in [1.807, 2.05) is 18.2 Å². The van der Waals surface area contributed by atoms with Crippen molar-refractivity contribution in [3.05, 3.63) is 89.7 Å². The van der Waals surface area contributed by atoms with E-state index in [1.54, 1.807) is 54.9 Å². The highest BCUT2D eigenvalue weighted by atomic mass is 16.6. The number of methoxy groups -OCH3 is 1. The van der Waals surface area contributed by atoms with Gasteiger partial charge in [0, 0.05) is 25.0 Å². The number of esters is 1. The molecule has 3 aromatic rings. The summed E-state index contributed by atoms with van der Waals surface area (Å²) in [6, 6.07) is 16.5. The molecular formula is C31H33N3O6. The molecule has 5 rings (SSSR count). The number of pyridine rings is 1. The maximum atomic E-state index is 14.2. The zero-order valence-corrected chi connectivity index (χ0v) is 22.5. The Hall–Kier alpha value is -4.40. The van der Waals surface area contributed by atoms with E-state index < -0.39 is 18.1 Å². The Morgan fingerprint density at radius 1 is 1.00 bits per heavy atom. The lowest BCUT2D eigenvalue weighted by atomic mass is 9.94. The Morgan fingerprint density at radius 2 is 1.75 bits per heavy atom. The number of nitrogens with one attached hydrogen (secondary N) is 1. The average Bonchev–Trinajstić information content (AvgIpc) is 3.01. The standard InChI is InChI=1S/C31H33N3O6/c1-38-31(37)23-15-13-22(14-16-23)28(29(35)33-24-9-3-2-4-10-24)34(19-21-8-7-17-32-18-21)30(36)27-20-39-25-11-5-6-12-26(25)40-27/h5-8,11-18,24,27-28H,2-4,9-10,19-20H2,1H3,(H,33,35). The minimum absolute atomic E-state index is 0.0115. The molecule has 1 N–H and O–H groups in total. The summed E-state index contributed by atoms with van der Waals surface area (Å²) in [4.78, 5) is 46.0. The number of rotatable bonds is 8. The summed E-state index contributed by atoms with van der Waals surface area (Å²) in [5, 5.41) is 3.19. The molecule has 1 aromatic heterocycles. The second kappa shape index (κ2) is 12.6. The predicted octanol–water partition coefficient (Wildman–Crippen LogP) is 4.23. The lowest BCUT2D eigenvalue weighted by molar-refractivity contribution is -0.149. The van der Waals surface area contributed by atoms with Gasteiger partial charge in [0.2, 0.25) is 12.0 Å². The summed E-state index contributed by atoms with van der Waals surface area (Å²) in [6.45, 7) is 0.132. The van der Waals surface area contributed by atoms with Crippen molar-refractivity contribution < 1.29 is 28.6 Å². The predicted molar refractivity (Wildman–Crippen MR) is 147 cm³/mol. The summed E-state index contributed by atoms with van der Waals surface area (Å²) in [7, 11) is 1.31. The topological polar surface area (TPSA) is 107 Å². The van der Waals surface area contributed by atoms with Crippen LogP contribution in [0.4, 0.5) is 0 Å². The van der Waals surface area contributed by atoms with Crippen LogP contribution in [0.5, 0.6) is 11.5 Å². The highest BCUT2D eigenvalue weighted by Gasteiger charge is 2.39. The average molecular weight is 544 g/mol. The van der Waals surface area contributed by atoms with Gasteiger partial charge in [-0.3, -0.25) is 14.6 Å². The van der Waals surface area contributed by atoms with Crippen LogP contribution in [0.2, 0.25) is 0 Å². The van der Waals surface area contributed by atoms with Crippen LogP contribution in [0.25, 0.3) is 0 Å². The summed E-state index contributed by atoms with van der Waals surface area (Å²) in [5.74, 6) is -0.120. The quantitative estimate of drug-likeness (QED) is 0.424. The van der Waals surface area contributed by atoms with Gasteiger partial charge in [-0.15, -0.1) is 0 Å². The van der Waals surface area contributed by atoms with E-state index in [0.29, 0.717) is 22.6 Å². The van der Waals surface area contributed by atoms with Crippen LogP contribution in [-0.4, -0.2) is 53.5 Å². The molecule has 2 aromatic carbocycles. The number of hydrogen-bond acceptors (Lipinski definition) is 7. The SMILES string of the molecule is COC(=O)c1ccc(C(C(=O)NC2CCCCC2)N(Cc2cccnc2)C(=O)C2COc3ccccc3O2)cc1. The summed E-state index contributed by atoms with van der Waals surface area (Å²) in [5.41, 5.74) is 1.67. The van der Waals surface area contributed by atoms with Gasteiger partial charge in [0.15, 0.2) is 11.5 Å². The number of carbonyl (C=O) groups excluding carboxylic acids is 3. The van der Waals surface area contributed by atoms with Crippen LogP contribution in [0.15, 0.2) is 73.1 Å². The number of nitrogens with zero attached hydrogens (tertiary/aromatic N) is 2. The maximum Gasteiger partial charge on any atom is 0.337 e. The van der Waals surface area contributed by atoms with E-state index in [9.17, 15) is 14.4 Å². The molecule has 0 bridgehead atoms. The van der Waals surface area contributed by atoms with Crippen LogP contribution in [0.3, 0.4) is 0 Å². The molecule has 2 aliphatic rings. The fourth-order valence-electron chi connectivity index (χ4n) is 5.23. The molecule has 1 aliphatic heterocycles. The van der Waals surface area contributed by atoms with Crippen molar-refractivity contribution in [1.82, 2.24) is 15.2 Å². The van der Waals surface area contributed by atoms with Gasteiger partial charge in [-0.05, 0) is 54.3 Å². The molecule has 0 spiro atoms. The first kappa shape index (κ1) is 27.2. The van der Waals surface area contributed by atoms with Crippen molar-refractivity contribution in [2.45, 2.75) is 56.8 Å². The number of amides is 2. The van der Waals surface area contributed by atoms with Crippen LogP contribution >= 0.6 is 0 Å². The molecule has 2 unspecified atom stereocenters. The maximum absolute atomic E-state index is 14.2. The molecule has 9 heteroatoms. The van der Waals surface area contributed by atoms with Gasteiger partial charge in [0.1, 0.15) is 12.6 Å². The van der Waals surface area contributed by atoms with E-state index in [2.05, 4.69) is 10.3 Å². The molecule has 2 amide bonds. The highest BCUT2D eigenvalue weighted by Crippen LogP contribution is 2.33. The van der Waals surface area contributed by atoms with Crippen LogP contribution in [0.1, 0.15) is 59.6 Å². The lowest BCUT2D eigenvalue weighted by Crippen LogP contribution is -2.52. The van der Waals surface area contributed by atoms with Gasteiger partial charge in [0.05, 0.1) is 12.7 Å². The van der Waals surface area contributed by atoms with Crippen molar-refractivity contribution in [3.8, 4) is 11.5 Å². The van der Waals surface area contributed by atoms with Gasteiger partial charge in [-0.25, -0.2) is 4.79 Å². The third kappa shape index (κ3) is 6.25. The Morgan fingerprint density at radius 3 is 2.45 bits per heavy atom. The zero-order valence-electron chi connectivity index (χ0n) is 22.5. The van der Waals surface area contributed by atoms with Gasteiger partial charge < -0.3 is 24.4 Å². The summed E-state index contributed by atoms with van der Waals surface area (Å²) < 4.78 is 16.7. The minimum atomic E-state index is -0.984. The van der Waals surface area contributed by atoms with Crippen LogP contribution in [-0.2, 0) is 20.9 Å².